The molecule has 0 spiro atoms. The molecular formula is C25H35FN2. The lowest BCUT2D eigenvalue weighted by Gasteiger charge is -2.28. The average Bonchev–Trinajstić information content (AvgIpc) is 2.74. The zero-order chi connectivity index (χ0) is 19.8. The second-order valence-electron chi connectivity index (χ2n) is 8.46. The van der Waals surface area contributed by atoms with E-state index in [2.05, 4.69) is 23.8 Å². The molecular weight excluding hydrogens is 347 g/mol. The lowest BCUT2D eigenvalue weighted by atomic mass is 9.77. The zero-order valence-electron chi connectivity index (χ0n) is 17.6. The van der Waals surface area contributed by atoms with Crippen molar-refractivity contribution in [2.24, 2.45) is 5.92 Å². The van der Waals surface area contributed by atoms with Crippen molar-refractivity contribution in [1.82, 2.24) is 9.97 Å². The molecule has 3 rings (SSSR count). The molecule has 0 aliphatic heterocycles. The fraction of sp³-hybridized carbons (Fsp3) is 0.600. The van der Waals surface area contributed by atoms with Gasteiger partial charge in [-0.25, -0.2) is 14.4 Å². The van der Waals surface area contributed by atoms with E-state index in [0.717, 1.165) is 36.3 Å². The molecule has 1 aliphatic rings. The standard InChI is InChI=1S/C25H35FN2/c1-3-5-7-8-19-10-12-20(13-11-19)23-17-27-25(28-18-23)22-15-14-21(9-6-4-2)24(26)16-22/h14-20H,3-13H2,1-2H3/t19-,20-. The van der Waals surface area contributed by atoms with E-state index in [1.165, 1.54) is 56.9 Å². The number of hydrogen-bond acceptors (Lipinski definition) is 2. The number of hydrogen-bond donors (Lipinski definition) is 0. The minimum Gasteiger partial charge on any atom is -0.236 e. The smallest absolute Gasteiger partial charge is 0.159 e. The van der Waals surface area contributed by atoms with Crippen LogP contribution >= 0.6 is 0 Å². The van der Waals surface area contributed by atoms with E-state index in [0.29, 0.717) is 11.7 Å². The van der Waals surface area contributed by atoms with Gasteiger partial charge in [0.1, 0.15) is 5.82 Å². The van der Waals surface area contributed by atoms with Crippen molar-refractivity contribution < 1.29 is 4.39 Å². The van der Waals surface area contributed by atoms with Crippen LogP contribution in [0.5, 0.6) is 0 Å². The van der Waals surface area contributed by atoms with E-state index < -0.39 is 0 Å². The number of unbranched alkanes of at least 4 members (excludes halogenated alkanes) is 3. The highest BCUT2D eigenvalue weighted by molar-refractivity contribution is 5.55. The van der Waals surface area contributed by atoms with Crippen LogP contribution in [0.25, 0.3) is 11.4 Å². The number of nitrogens with zero attached hydrogens (tertiary/aromatic N) is 2. The van der Waals surface area contributed by atoms with Crippen LogP contribution in [0.2, 0.25) is 0 Å². The number of aromatic nitrogens is 2. The van der Waals surface area contributed by atoms with Gasteiger partial charge in [-0.2, -0.15) is 0 Å². The molecule has 2 aromatic rings. The van der Waals surface area contributed by atoms with Crippen molar-refractivity contribution in [3.05, 3.63) is 47.5 Å². The number of aryl methyl sites for hydroxylation is 1. The maximum atomic E-state index is 14.3. The molecule has 1 aromatic carbocycles. The summed E-state index contributed by atoms with van der Waals surface area (Å²) in [5.41, 5.74) is 2.80. The Morgan fingerprint density at radius 3 is 2.29 bits per heavy atom. The third-order valence-electron chi connectivity index (χ3n) is 6.32. The molecule has 3 heteroatoms. The van der Waals surface area contributed by atoms with Crippen LogP contribution in [-0.4, -0.2) is 9.97 Å². The second-order valence-corrected chi connectivity index (χ2v) is 8.46. The molecule has 152 valence electrons. The molecule has 0 saturated heterocycles. The van der Waals surface area contributed by atoms with Crippen LogP contribution in [0.4, 0.5) is 4.39 Å². The van der Waals surface area contributed by atoms with E-state index in [1.54, 1.807) is 6.07 Å². The van der Waals surface area contributed by atoms with Crippen LogP contribution in [0.15, 0.2) is 30.6 Å². The van der Waals surface area contributed by atoms with Gasteiger partial charge in [0.2, 0.25) is 0 Å². The van der Waals surface area contributed by atoms with Gasteiger partial charge in [0.15, 0.2) is 5.82 Å². The number of benzene rings is 1. The Kier molecular flexibility index (Phi) is 8.00. The molecule has 1 saturated carbocycles. The summed E-state index contributed by atoms with van der Waals surface area (Å²) in [6.07, 6.45) is 17.5. The summed E-state index contributed by atoms with van der Waals surface area (Å²) in [6, 6.07) is 5.42. The van der Waals surface area contributed by atoms with Crippen molar-refractivity contribution in [3.8, 4) is 11.4 Å². The highest BCUT2D eigenvalue weighted by Crippen LogP contribution is 2.37. The predicted octanol–water partition coefficient (Wildman–Crippen LogP) is 7.48. The van der Waals surface area contributed by atoms with Crippen LogP contribution in [-0.2, 0) is 6.42 Å². The van der Waals surface area contributed by atoms with Gasteiger partial charge in [-0.05, 0) is 67.6 Å². The molecule has 1 aromatic heterocycles. The van der Waals surface area contributed by atoms with E-state index in [9.17, 15) is 4.39 Å². The Bertz CT molecular complexity index is 718. The monoisotopic (exact) mass is 382 g/mol. The Labute approximate surface area is 170 Å². The van der Waals surface area contributed by atoms with E-state index in [-0.39, 0.29) is 5.82 Å². The topological polar surface area (TPSA) is 25.8 Å². The molecule has 0 N–H and O–H groups in total. The zero-order valence-corrected chi connectivity index (χ0v) is 17.6. The number of halogens is 1. The third kappa shape index (κ3) is 5.62. The Balaban J connectivity index is 1.57. The highest BCUT2D eigenvalue weighted by atomic mass is 19.1. The maximum Gasteiger partial charge on any atom is 0.159 e. The molecule has 0 unspecified atom stereocenters. The van der Waals surface area contributed by atoms with Crippen molar-refractivity contribution in [2.45, 2.75) is 90.4 Å². The molecule has 0 bridgehead atoms. The van der Waals surface area contributed by atoms with Gasteiger partial charge >= 0.3 is 0 Å². The van der Waals surface area contributed by atoms with Gasteiger partial charge in [0.05, 0.1) is 0 Å². The number of rotatable bonds is 9. The molecule has 2 nitrogen and oxygen atoms in total. The van der Waals surface area contributed by atoms with E-state index >= 15 is 0 Å². The van der Waals surface area contributed by atoms with Gasteiger partial charge in [-0.15, -0.1) is 0 Å². The quantitative estimate of drug-likeness (QED) is 0.420. The van der Waals surface area contributed by atoms with Crippen molar-refractivity contribution >= 4 is 0 Å². The second kappa shape index (κ2) is 10.7. The first kappa shape index (κ1) is 21.0. The highest BCUT2D eigenvalue weighted by Gasteiger charge is 2.22. The Hall–Kier alpha value is -1.77. The summed E-state index contributed by atoms with van der Waals surface area (Å²) in [7, 11) is 0. The Morgan fingerprint density at radius 2 is 1.64 bits per heavy atom. The minimum atomic E-state index is -0.139. The maximum absolute atomic E-state index is 14.3. The van der Waals surface area contributed by atoms with Crippen molar-refractivity contribution in [2.75, 3.05) is 0 Å². The van der Waals surface area contributed by atoms with Crippen LogP contribution in [0.3, 0.4) is 0 Å². The molecule has 28 heavy (non-hydrogen) atoms. The SMILES string of the molecule is CCCCC[C@H]1CC[C@H](c2cnc(-c3ccc(CCCC)c(F)c3)nc2)CC1. The van der Waals surface area contributed by atoms with Crippen molar-refractivity contribution in [3.63, 3.8) is 0 Å². The summed E-state index contributed by atoms with van der Waals surface area (Å²) >= 11 is 0. The first-order valence-electron chi connectivity index (χ1n) is 11.3. The average molecular weight is 383 g/mol. The van der Waals surface area contributed by atoms with Gasteiger partial charge in [-0.3, -0.25) is 0 Å². The summed E-state index contributed by atoms with van der Waals surface area (Å²) < 4.78 is 14.3. The van der Waals surface area contributed by atoms with Crippen LogP contribution in [0, 0.1) is 11.7 Å². The van der Waals surface area contributed by atoms with Gasteiger partial charge in [0.25, 0.3) is 0 Å². The van der Waals surface area contributed by atoms with E-state index in [4.69, 9.17) is 0 Å². The lowest BCUT2D eigenvalue weighted by molar-refractivity contribution is 0.302. The van der Waals surface area contributed by atoms with Gasteiger partial charge in [-0.1, -0.05) is 58.1 Å². The van der Waals surface area contributed by atoms with Crippen LogP contribution < -0.4 is 0 Å². The normalized spacial score (nSPS) is 19.7. The molecule has 1 heterocycles. The minimum absolute atomic E-state index is 0.139. The predicted molar refractivity (Wildman–Crippen MR) is 115 cm³/mol. The summed E-state index contributed by atoms with van der Waals surface area (Å²) in [5.74, 6) is 1.99. The molecule has 0 amide bonds. The summed E-state index contributed by atoms with van der Waals surface area (Å²) in [5, 5.41) is 0. The lowest BCUT2D eigenvalue weighted by Crippen LogP contribution is -2.14. The summed E-state index contributed by atoms with van der Waals surface area (Å²) in [6.45, 7) is 4.40. The van der Waals surface area contributed by atoms with Gasteiger partial charge in [0, 0.05) is 18.0 Å². The first-order valence-corrected chi connectivity index (χ1v) is 11.3. The molecule has 0 atom stereocenters. The fourth-order valence-corrected chi connectivity index (χ4v) is 4.42. The Morgan fingerprint density at radius 1 is 0.929 bits per heavy atom. The molecule has 0 radical (unpaired) electrons. The van der Waals surface area contributed by atoms with Crippen molar-refractivity contribution in [1.29, 1.82) is 0 Å². The first-order chi connectivity index (χ1) is 13.7. The molecule has 1 aliphatic carbocycles. The fourth-order valence-electron chi connectivity index (χ4n) is 4.42. The molecule has 1 fully saturated rings. The van der Waals surface area contributed by atoms with Crippen LogP contribution in [0.1, 0.15) is 95.1 Å². The van der Waals surface area contributed by atoms with E-state index in [1.807, 2.05) is 24.5 Å². The third-order valence-corrected chi connectivity index (χ3v) is 6.32. The summed E-state index contributed by atoms with van der Waals surface area (Å²) in [4.78, 5) is 9.12. The largest absolute Gasteiger partial charge is 0.236 e. The van der Waals surface area contributed by atoms with Gasteiger partial charge < -0.3 is 0 Å².